The number of aromatic nitrogens is 3. The van der Waals surface area contributed by atoms with Crippen molar-refractivity contribution in [3.63, 3.8) is 0 Å². The molecule has 22 heavy (non-hydrogen) atoms. The van der Waals surface area contributed by atoms with E-state index in [1.165, 1.54) is 0 Å². The predicted octanol–water partition coefficient (Wildman–Crippen LogP) is 3.32. The molecule has 3 aromatic rings. The molecule has 1 fully saturated rings. The van der Waals surface area contributed by atoms with Gasteiger partial charge in [0, 0.05) is 11.1 Å². The first-order valence-corrected chi connectivity index (χ1v) is 7.66. The number of nitrogens with zero attached hydrogens (tertiary/aromatic N) is 3. The number of fused-ring (bicyclic) bond motifs is 1. The number of rotatable bonds is 2. The number of benzene rings is 1. The minimum absolute atomic E-state index is 0.431. The molecule has 4 rings (SSSR count). The summed E-state index contributed by atoms with van der Waals surface area (Å²) < 4.78 is 5.52. The standard InChI is InChI=1S/C17H18N4O/c1-11-10-13(12-6-2-3-7-14(12)19-11)15-20-16(21-22-15)17(18)8-4-5-9-17/h2-3,6-7,10H,4-5,8-9,18H2,1H3. The van der Waals surface area contributed by atoms with Crippen LogP contribution in [0.2, 0.25) is 0 Å². The van der Waals surface area contributed by atoms with Crippen molar-refractivity contribution < 1.29 is 4.52 Å². The van der Waals surface area contributed by atoms with E-state index in [4.69, 9.17) is 10.3 Å². The molecular weight excluding hydrogens is 276 g/mol. The zero-order chi connectivity index (χ0) is 15.2. The SMILES string of the molecule is Cc1cc(-c2nc(C3(N)CCCC3)no2)c2ccccc2n1. The summed E-state index contributed by atoms with van der Waals surface area (Å²) in [5.41, 5.74) is 8.76. The van der Waals surface area contributed by atoms with Crippen LogP contribution in [0, 0.1) is 6.92 Å². The topological polar surface area (TPSA) is 77.8 Å². The molecule has 1 aliphatic carbocycles. The van der Waals surface area contributed by atoms with Gasteiger partial charge in [0.25, 0.3) is 5.89 Å². The maximum absolute atomic E-state index is 6.42. The minimum Gasteiger partial charge on any atom is -0.334 e. The van der Waals surface area contributed by atoms with Crippen LogP contribution >= 0.6 is 0 Å². The second-order valence-corrected chi connectivity index (χ2v) is 6.11. The van der Waals surface area contributed by atoms with Crippen LogP contribution in [-0.4, -0.2) is 15.1 Å². The van der Waals surface area contributed by atoms with E-state index in [1.807, 2.05) is 37.3 Å². The highest BCUT2D eigenvalue weighted by Gasteiger charge is 2.36. The molecule has 0 saturated heterocycles. The summed E-state index contributed by atoms with van der Waals surface area (Å²) in [6, 6.07) is 9.96. The van der Waals surface area contributed by atoms with E-state index in [0.717, 1.165) is 47.8 Å². The van der Waals surface area contributed by atoms with Gasteiger partial charge in [-0.25, -0.2) is 0 Å². The number of hydrogen-bond donors (Lipinski definition) is 1. The molecule has 2 heterocycles. The van der Waals surface area contributed by atoms with E-state index in [2.05, 4.69) is 15.1 Å². The van der Waals surface area contributed by atoms with Crippen molar-refractivity contribution >= 4 is 10.9 Å². The van der Waals surface area contributed by atoms with Crippen LogP contribution in [-0.2, 0) is 5.54 Å². The van der Waals surface area contributed by atoms with E-state index in [9.17, 15) is 0 Å². The van der Waals surface area contributed by atoms with Crippen molar-refractivity contribution in [2.24, 2.45) is 5.73 Å². The fourth-order valence-electron chi connectivity index (χ4n) is 3.25. The van der Waals surface area contributed by atoms with Crippen LogP contribution in [0.25, 0.3) is 22.4 Å². The average molecular weight is 294 g/mol. The number of nitrogens with two attached hydrogens (primary N) is 1. The van der Waals surface area contributed by atoms with Gasteiger partial charge < -0.3 is 10.3 Å². The van der Waals surface area contributed by atoms with E-state index in [1.54, 1.807) is 0 Å². The smallest absolute Gasteiger partial charge is 0.258 e. The molecule has 1 aromatic carbocycles. The molecule has 2 N–H and O–H groups in total. The zero-order valence-corrected chi connectivity index (χ0v) is 12.5. The second kappa shape index (κ2) is 4.88. The lowest BCUT2D eigenvalue weighted by molar-refractivity contribution is 0.373. The summed E-state index contributed by atoms with van der Waals surface area (Å²) in [5, 5.41) is 5.17. The molecule has 112 valence electrons. The molecule has 1 saturated carbocycles. The Morgan fingerprint density at radius 1 is 1.14 bits per heavy atom. The fourth-order valence-corrected chi connectivity index (χ4v) is 3.25. The van der Waals surface area contributed by atoms with Gasteiger partial charge >= 0.3 is 0 Å². The van der Waals surface area contributed by atoms with Gasteiger partial charge in [-0.15, -0.1) is 0 Å². The summed E-state index contributed by atoms with van der Waals surface area (Å²) in [5.74, 6) is 1.15. The molecule has 5 heteroatoms. The van der Waals surface area contributed by atoms with Gasteiger partial charge in [-0.3, -0.25) is 4.98 Å². The molecule has 0 radical (unpaired) electrons. The van der Waals surface area contributed by atoms with E-state index in [0.29, 0.717) is 11.7 Å². The Kier molecular flexibility index (Phi) is 2.97. The van der Waals surface area contributed by atoms with Gasteiger partial charge in [0.1, 0.15) is 0 Å². The van der Waals surface area contributed by atoms with E-state index < -0.39 is 5.54 Å². The summed E-state index contributed by atoms with van der Waals surface area (Å²) in [7, 11) is 0. The third-order valence-electron chi connectivity index (χ3n) is 4.44. The van der Waals surface area contributed by atoms with Crippen LogP contribution in [0.1, 0.15) is 37.2 Å². The lowest BCUT2D eigenvalue weighted by Gasteiger charge is -2.17. The fraction of sp³-hybridized carbons (Fsp3) is 0.353. The Bertz CT molecular complexity index is 834. The van der Waals surface area contributed by atoms with E-state index >= 15 is 0 Å². The van der Waals surface area contributed by atoms with E-state index in [-0.39, 0.29) is 0 Å². The molecular formula is C17H18N4O. The summed E-state index contributed by atoms with van der Waals surface area (Å²) in [6.07, 6.45) is 4.08. The third kappa shape index (κ3) is 2.09. The van der Waals surface area contributed by atoms with Crippen LogP contribution < -0.4 is 5.73 Å². The molecule has 0 bridgehead atoms. The Hall–Kier alpha value is -2.27. The van der Waals surface area contributed by atoms with Crippen LogP contribution in [0.3, 0.4) is 0 Å². The lowest BCUT2D eigenvalue weighted by atomic mass is 9.98. The van der Waals surface area contributed by atoms with Gasteiger partial charge in [0.2, 0.25) is 0 Å². The number of aryl methyl sites for hydroxylation is 1. The number of para-hydroxylation sites is 1. The Morgan fingerprint density at radius 3 is 2.73 bits per heavy atom. The van der Waals surface area contributed by atoms with Gasteiger partial charge in [0.15, 0.2) is 5.82 Å². The van der Waals surface area contributed by atoms with Crippen molar-refractivity contribution in [1.82, 2.24) is 15.1 Å². The monoisotopic (exact) mass is 294 g/mol. The molecule has 2 aromatic heterocycles. The predicted molar refractivity (Wildman–Crippen MR) is 84.1 cm³/mol. The first kappa shape index (κ1) is 13.4. The summed E-state index contributed by atoms with van der Waals surface area (Å²) in [4.78, 5) is 9.14. The minimum atomic E-state index is -0.431. The Labute approximate surface area is 128 Å². The Balaban J connectivity index is 1.84. The molecule has 0 spiro atoms. The van der Waals surface area contributed by atoms with Crippen molar-refractivity contribution in [1.29, 1.82) is 0 Å². The van der Waals surface area contributed by atoms with Gasteiger partial charge in [-0.1, -0.05) is 36.2 Å². The van der Waals surface area contributed by atoms with Crippen LogP contribution in [0.15, 0.2) is 34.9 Å². The second-order valence-electron chi connectivity index (χ2n) is 6.11. The first-order valence-electron chi connectivity index (χ1n) is 7.66. The zero-order valence-electron chi connectivity index (χ0n) is 12.5. The van der Waals surface area contributed by atoms with Crippen molar-refractivity contribution in [3.8, 4) is 11.5 Å². The van der Waals surface area contributed by atoms with Crippen LogP contribution in [0.4, 0.5) is 0 Å². The van der Waals surface area contributed by atoms with Gasteiger partial charge in [0.05, 0.1) is 16.6 Å². The highest BCUT2D eigenvalue weighted by molar-refractivity contribution is 5.92. The summed E-state index contributed by atoms with van der Waals surface area (Å²) >= 11 is 0. The van der Waals surface area contributed by atoms with Gasteiger partial charge in [-0.2, -0.15) is 4.98 Å². The number of pyridine rings is 1. The third-order valence-corrected chi connectivity index (χ3v) is 4.44. The maximum atomic E-state index is 6.42. The Morgan fingerprint density at radius 2 is 1.91 bits per heavy atom. The maximum Gasteiger partial charge on any atom is 0.258 e. The van der Waals surface area contributed by atoms with Crippen molar-refractivity contribution in [2.45, 2.75) is 38.1 Å². The normalized spacial score (nSPS) is 17.2. The molecule has 0 atom stereocenters. The lowest BCUT2D eigenvalue weighted by Crippen LogP contribution is -2.34. The largest absolute Gasteiger partial charge is 0.334 e. The molecule has 0 amide bonds. The van der Waals surface area contributed by atoms with Crippen molar-refractivity contribution in [3.05, 3.63) is 41.9 Å². The quantitative estimate of drug-likeness (QED) is 0.784. The average Bonchev–Trinajstić information content (AvgIpc) is 3.16. The molecule has 5 nitrogen and oxygen atoms in total. The molecule has 0 aliphatic heterocycles. The highest BCUT2D eigenvalue weighted by atomic mass is 16.5. The molecule has 1 aliphatic rings. The first-order chi connectivity index (χ1) is 10.7. The van der Waals surface area contributed by atoms with Crippen molar-refractivity contribution in [2.75, 3.05) is 0 Å². The highest BCUT2D eigenvalue weighted by Crippen LogP contribution is 2.36. The van der Waals surface area contributed by atoms with Gasteiger partial charge in [-0.05, 0) is 31.9 Å². The summed E-state index contributed by atoms with van der Waals surface area (Å²) in [6.45, 7) is 1.97. The van der Waals surface area contributed by atoms with Crippen LogP contribution in [0.5, 0.6) is 0 Å². The number of hydrogen-bond acceptors (Lipinski definition) is 5. The molecule has 0 unspecified atom stereocenters.